The zero-order chi connectivity index (χ0) is 37.0. The Morgan fingerprint density at radius 3 is 1.50 bits per heavy atom. The van der Waals surface area contributed by atoms with Gasteiger partial charge in [-0.15, -0.1) is 0 Å². The van der Waals surface area contributed by atoms with Crippen LogP contribution < -0.4 is 5.32 Å². The first kappa shape index (κ1) is 45.4. The topological polar surface area (TPSA) is 180 Å². The number of ether oxygens (including phenoxy) is 1. The Kier molecular flexibility index (Phi) is 22.1. The summed E-state index contributed by atoms with van der Waals surface area (Å²) in [5.74, 6) is -2.97. The Hall–Kier alpha value is -2.73. The molecule has 0 saturated carbocycles. The minimum Gasteiger partial charge on any atom is -0.480 e. The fraction of sp³-hybridized carbons (Fsp3) is 0.541. The standard InChI is InChI=1S/C37H53N5O9.Gd/c1-51-28-34(44)33(14-12-29-5-3-2-4-6-29)38-23-31-9-7-30(8-10-31)11-13-32(43)24-39-15-17-40(25-35(45)46)19-21-42(27-37(49)50)22-20-41(18-16-39)26-36(47)48;/h2-10,33,38H,11-28H2,1H3,(H,45,46)(H,47,48)(H,49,50);/t33-;/m1./s1. The molecule has 2 aromatic carbocycles. The summed E-state index contributed by atoms with van der Waals surface area (Å²) in [6.45, 7) is 2.86. The number of aryl methyl sites for hydroxylation is 2. The number of carbonyl (C=O) groups is 5. The third-order valence-electron chi connectivity index (χ3n) is 8.91. The summed E-state index contributed by atoms with van der Waals surface area (Å²) < 4.78 is 5.10. The van der Waals surface area contributed by atoms with E-state index in [1.54, 1.807) is 14.7 Å². The maximum Gasteiger partial charge on any atom is 0.317 e. The molecule has 0 bridgehead atoms. The summed E-state index contributed by atoms with van der Waals surface area (Å²) in [6.07, 6.45) is 2.28. The molecule has 4 N–H and O–H groups in total. The normalized spacial score (nSPS) is 16.2. The average Bonchev–Trinajstić information content (AvgIpc) is 3.09. The number of methoxy groups -OCH3 is 1. The van der Waals surface area contributed by atoms with Crippen LogP contribution in [0.25, 0.3) is 0 Å². The molecular formula is C37H53GdN5O9. The van der Waals surface area contributed by atoms with Crippen molar-refractivity contribution in [1.29, 1.82) is 0 Å². The second-order valence-electron chi connectivity index (χ2n) is 13.0. The average molecular weight is 869 g/mol. The van der Waals surface area contributed by atoms with Gasteiger partial charge < -0.3 is 25.4 Å². The Morgan fingerprint density at radius 2 is 1.06 bits per heavy atom. The number of aliphatic carboxylic acids is 3. The van der Waals surface area contributed by atoms with E-state index in [1.807, 2.05) is 59.5 Å². The molecule has 52 heavy (non-hydrogen) atoms. The maximum atomic E-state index is 13.2. The van der Waals surface area contributed by atoms with Crippen LogP contribution in [0.5, 0.6) is 0 Å². The quantitative estimate of drug-likeness (QED) is 0.148. The fourth-order valence-electron chi connectivity index (χ4n) is 6.04. The smallest absolute Gasteiger partial charge is 0.317 e. The number of ketones is 2. The molecule has 1 saturated heterocycles. The van der Waals surface area contributed by atoms with Gasteiger partial charge in [-0.25, -0.2) is 0 Å². The molecule has 1 aliphatic rings. The van der Waals surface area contributed by atoms with Crippen LogP contribution in [0.3, 0.4) is 0 Å². The summed E-state index contributed by atoms with van der Waals surface area (Å²) >= 11 is 0. The van der Waals surface area contributed by atoms with E-state index in [9.17, 15) is 39.3 Å². The summed E-state index contributed by atoms with van der Waals surface area (Å²) in [5.41, 5.74) is 3.19. The van der Waals surface area contributed by atoms with Gasteiger partial charge in [-0.05, 0) is 36.0 Å². The second-order valence-corrected chi connectivity index (χ2v) is 13.0. The van der Waals surface area contributed by atoms with Crippen molar-refractivity contribution < 1.29 is 84.0 Å². The first-order valence-corrected chi connectivity index (χ1v) is 17.4. The van der Waals surface area contributed by atoms with Gasteiger partial charge in [0.05, 0.1) is 32.2 Å². The molecule has 15 heteroatoms. The molecule has 288 valence electrons. The van der Waals surface area contributed by atoms with Crippen LogP contribution in [0.1, 0.15) is 29.5 Å². The van der Waals surface area contributed by atoms with Crippen LogP contribution >= 0.6 is 0 Å². The van der Waals surface area contributed by atoms with E-state index < -0.39 is 17.9 Å². The number of Topliss-reactive ketones (excluding diaryl/α,β-unsaturated/α-hetero) is 2. The van der Waals surface area contributed by atoms with Gasteiger partial charge in [0.2, 0.25) is 0 Å². The third-order valence-corrected chi connectivity index (χ3v) is 8.91. The second kappa shape index (κ2) is 25.3. The van der Waals surface area contributed by atoms with Gasteiger partial charge >= 0.3 is 17.9 Å². The minimum absolute atomic E-state index is 0. The molecule has 1 heterocycles. The SMILES string of the molecule is COCC(=O)[C@@H](CCc1ccccc1)NCc1ccc(CCC(=O)CN2CCN(CC(=O)O)CCN(CC(=O)O)CCN(CC(=O)O)CC2)cc1.[Gd]. The van der Waals surface area contributed by atoms with E-state index in [2.05, 4.69) is 5.32 Å². The molecule has 3 rings (SSSR count). The monoisotopic (exact) mass is 869 g/mol. The van der Waals surface area contributed by atoms with Gasteiger partial charge in [-0.1, -0.05) is 54.6 Å². The Morgan fingerprint density at radius 1 is 0.635 bits per heavy atom. The molecule has 0 aromatic heterocycles. The zero-order valence-corrected chi connectivity index (χ0v) is 32.2. The van der Waals surface area contributed by atoms with E-state index in [0.29, 0.717) is 78.2 Å². The molecule has 1 fully saturated rings. The third kappa shape index (κ3) is 18.9. The van der Waals surface area contributed by atoms with Crippen molar-refractivity contribution in [3.8, 4) is 0 Å². The van der Waals surface area contributed by atoms with E-state index in [-0.39, 0.29) is 90.3 Å². The van der Waals surface area contributed by atoms with Crippen LogP contribution in [0, 0.1) is 39.9 Å². The summed E-state index contributed by atoms with van der Waals surface area (Å²) in [5, 5.41) is 31.6. The van der Waals surface area contributed by atoms with E-state index in [0.717, 1.165) is 17.5 Å². The van der Waals surface area contributed by atoms with Crippen molar-refractivity contribution in [2.45, 2.75) is 38.3 Å². The molecule has 0 unspecified atom stereocenters. The van der Waals surface area contributed by atoms with Crippen molar-refractivity contribution in [2.75, 3.05) is 92.3 Å². The number of nitrogens with zero attached hydrogens (tertiary/aromatic N) is 4. The molecule has 0 aliphatic carbocycles. The molecule has 1 atom stereocenters. The molecule has 2 aromatic rings. The molecule has 0 radical (unpaired) electrons. The van der Waals surface area contributed by atoms with Gasteiger partial charge in [0, 0.05) is 112 Å². The van der Waals surface area contributed by atoms with Crippen LogP contribution in [0.2, 0.25) is 0 Å². The Balaban J connectivity index is 0.00000936. The van der Waals surface area contributed by atoms with Crippen molar-refractivity contribution in [3.63, 3.8) is 0 Å². The number of rotatable bonds is 20. The van der Waals surface area contributed by atoms with Crippen molar-refractivity contribution in [2.24, 2.45) is 0 Å². The maximum absolute atomic E-state index is 13.2. The number of carbonyl (C=O) groups excluding carboxylic acids is 2. The number of nitrogens with one attached hydrogen (secondary N) is 1. The summed E-state index contributed by atoms with van der Waals surface area (Å²) in [4.78, 5) is 67.5. The minimum atomic E-state index is -1.01. The van der Waals surface area contributed by atoms with Crippen molar-refractivity contribution in [3.05, 3.63) is 71.3 Å². The van der Waals surface area contributed by atoms with E-state index in [4.69, 9.17) is 4.74 Å². The summed E-state index contributed by atoms with van der Waals surface area (Å²) in [7, 11) is 1.52. The predicted molar refractivity (Wildman–Crippen MR) is 191 cm³/mol. The van der Waals surface area contributed by atoms with Gasteiger partial charge in [0.25, 0.3) is 0 Å². The number of benzene rings is 2. The first-order chi connectivity index (χ1) is 24.5. The molecule has 0 amide bonds. The van der Waals surface area contributed by atoms with Gasteiger partial charge in [-0.2, -0.15) is 0 Å². The zero-order valence-electron chi connectivity index (χ0n) is 29.9. The Labute approximate surface area is 338 Å². The van der Waals surface area contributed by atoms with E-state index >= 15 is 0 Å². The molecule has 14 nitrogen and oxygen atoms in total. The van der Waals surface area contributed by atoms with Crippen LogP contribution in [0.4, 0.5) is 0 Å². The van der Waals surface area contributed by atoms with Crippen molar-refractivity contribution in [1.82, 2.24) is 24.9 Å². The molecule has 0 spiro atoms. The van der Waals surface area contributed by atoms with Crippen molar-refractivity contribution >= 4 is 29.5 Å². The van der Waals surface area contributed by atoms with Crippen LogP contribution in [-0.4, -0.2) is 163 Å². The molecule has 1 aliphatic heterocycles. The number of hydrogen-bond donors (Lipinski definition) is 4. The van der Waals surface area contributed by atoms with Gasteiger partial charge in [0.1, 0.15) is 12.4 Å². The van der Waals surface area contributed by atoms with Crippen LogP contribution in [-0.2, 0) is 48.1 Å². The first-order valence-electron chi connectivity index (χ1n) is 17.4. The number of carboxylic acids is 3. The largest absolute Gasteiger partial charge is 0.480 e. The van der Waals surface area contributed by atoms with E-state index in [1.165, 1.54) is 12.7 Å². The predicted octanol–water partition coefficient (Wildman–Crippen LogP) is 0.970. The number of carboxylic acid groups (broad SMARTS) is 3. The Bertz CT molecular complexity index is 1370. The number of hydrogen-bond acceptors (Lipinski definition) is 11. The van der Waals surface area contributed by atoms with Gasteiger partial charge in [-0.3, -0.25) is 43.6 Å². The summed E-state index contributed by atoms with van der Waals surface area (Å²) in [6, 6.07) is 17.6. The van der Waals surface area contributed by atoms with Crippen LogP contribution in [0.15, 0.2) is 54.6 Å². The molecular weight excluding hydrogens is 816 g/mol. The van der Waals surface area contributed by atoms with Gasteiger partial charge in [0.15, 0.2) is 5.78 Å². The fourth-order valence-corrected chi connectivity index (χ4v) is 6.04.